The molecular formula is C9H8N2S2. The van der Waals surface area contributed by atoms with Gasteiger partial charge >= 0.3 is 0 Å². The summed E-state index contributed by atoms with van der Waals surface area (Å²) < 4.78 is 0. The Hall–Kier alpha value is -0.870. The molecule has 0 aliphatic heterocycles. The van der Waals surface area contributed by atoms with Crippen LogP contribution in [0.4, 0.5) is 0 Å². The van der Waals surface area contributed by atoms with E-state index in [9.17, 15) is 0 Å². The van der Waals surface area contributed by atoms with Crippen LogP contribution in [0.5, 0.6) is 0 Å². The summed E-state index contributed by atoms with van der Waals surface area (Å²) >= 11 is 0. The van der Waals surface area contributed by atoms with Crippen LogP contribution >= 0.6 is 21.6 Å². The lowest BCUT2D eigenvalue weighted by Crippen LogP contribution is -1.68. The van der Waals surface area contributed by atoms with Crippen molar-refractivity contribution < 1.29 is 0 Å². The van der Waals surface area contributed by atoms with Crippen LogP contribution < -0.4 is 0 Å². The Balaban J connectivity index is 1.94. The van der Waals surface area contributed by atoms with Crippen LogP contribution in [0.2, 0.25) is 0 Å². The Labute approximate surface area is 84.5 Å². The fourth-order valence-electron chi connectivity index (χ4n) is 0.859. The zero-order chi connectivity index (χ0) is 8.93. The van der Waals surface area contributed by atoms with Crippen molar-refractivity contribution in [1.29, 1.82) is 0 Å². The van der Waals surface area contributed by atoms with E-state index in [4.69, 9.17) is 0 Å². The summed E-state index contributed by atoms with van der Waals surface area (Å²) in [5.74, 6) is 0. The molecule has 0 bridgehead atoms. The van der Waals surface area contributed by atoms with Crippen LogP contribution in [0.15, 0.2) is 52.5 Å². The molecule has 66 valence electrons. The van der Waals surface area contributed by atoms with Gasteiger partial charge in [-0.1, -0.05) is 29.0 Å². The summed E-state index contributed by atoms with van der Waals surface area (Å²) in [5.41, 5.74) is 0. The van der Waals surface area contributed by atoms with Crippen molar-refractivity contribution in [3.8, 4) is 0 Å². The van der Waals surface area contributed by atoms with E-state index in [1.807, 2.05) is 24.3 Å². The number of hydrogen-bond donors (Lipinski definition) is 1. The van der Waals surface area contributed by atoms with Crippen LogP contribution in [0.3, 0.4) is 0 Å². The predicted octanol–water partition coefficient (Wildman–Crippen LogP) is 3.21. The maximum atomic E-state index is 3.88. The Bertz CT molecular complexity index is 345. The second-order valence-electron chi connectivity index (χ2n) is 2.40. The summed E-state index contributed by atoms with van der Waals surface area (Å²) in [5, 5.41) is 7.85. The SMILES string of the molecule is c1ccc(SSc2ccn[nH]2)cc1. The molecule has 2 nitrogen and oxygen atoms in total. The first-order valence-electron chi connectivity index (χ1n) is 3.84. The van der Waals surface area contributed by atoms with E-state index < -0.39 is 0 Å². The molecule has 0 spiro atoms. The molecule has 0 fully saturated rings. The first-order valence-corrected chi connectivity index (χ1v) is 5.99. The fraction of sp³-hybridized carbons (Fsp3) is 0. The molecule has 0 aliphatic carbocycles. The number of benzene rings is 1. The lowest BCUT2D eigenvalue weighted by Gasteiger charge is -1.96. The maximum absolute atomic E-state index is 3.88. The Morgan fingerprint density at radius 3 is 2.54 bits per heavy atom. The molecule has 1 N–H and O–H groups in total. The third-order valence-electron chi connectivity index (χ3n) is 1.45. The predicted molar refractivity (Wildman–Crippen MR) is 56.7 cm³/mol. The molecule has 0 saturated heterocycles. The van der Waals surface area contributed by atoms with Gasteiger partial charge in [0, 0.05) is 11.1 Å². The first-order chi connectivity index (χ1) is 6.45. The number of aromatic amines is 1. The van der Waals surface area contributed by atoms with Gasteiger partial charge in [-0.25, -0.2) is 0 Å². The van der Waals surface area contributed by atoms with Crippen molar-refractivity contribution >= 4 is 21.6 Å². The number of nitrogens with one attached hydrogen (secondary N) is 1. The number of aromatic nitrogens is 2. The van der Waals surface area contributed by atoms with Gasteiger partial charge in [-0.2, -0.15) is 5.10 Å². The Kier molecular flexibility index (Phi) is 2.94. The van der Waals surface area contributed by atoms with Crippen LogP contribution in [0.25, 0.3) is 0 Å². The number of H-pyrrole nitrogens is 1. The number of nitrogens with zero attached hydrogens (tertiary/aromatic N) is 1. The number of hydrogen-bond acceptors (Lipinski definition) is 3. The average molecular weight is 208 g/mol. The van der Waals surface area contributed by atoms with Gasteiger partial charge in [-0.15, -0.1) is 0 Å². The zero-order valence-corrected chi connectivity index (χ0v) is 8.44. The van der Waals surface area contributed by atoms with Crippen LogP contribution in [0, 0.1) is 0 Å². The highest BCUT2D eigenvalue weighted by molar-refractivity contribution is 8.76. The summed E-state index contributed by atoms with van der Waals surface area (Å²) in [7, 11) is 3.40. The van der Waals surface area contributed by atoms with E-state index in [0.29, 0.717) is 0 Å². The molecule has 0 aliphatic rings. The van der Waals surface area contributed by atoms with Crippen molar-refractivity contribution in [2.45, 2.75) is 9.92 Å². The minimum atomic E-state index is 1.08. The summed E-state index contributed by atoms with van der Waals surface area (Å²) in [6.45, 7) is 0. The van der Waals surface area contributed by atoms with Crippen molar-refractivity contribution in [3.05, 3.63) is 42.6 Å². The minimum Gasteiger partial charge on any atom is -0.271 e. The van der Waals surface area contributed by atoms with Gasteiger partial charge in [-0.05, 0) is 29.0 Å². The Morgan fingerprint density at radius 2 is 1.85 bits per heavy atom. The van der Waals surface area contributed by atoms with Crippen molar-refractivity contribution in [3.63, 3.8) is 0 Å². The van der Waals surface area contributed by atoms with Crippen molar-refractivity contribution in [1.82, 2.24) is 10.2 Å². The average Bonchev–Trinajstić information content (AvgIpc) is 2.69. The monoisotopic (exact) mass is 208 g/mol. The molecule has 0 unspecified atom stereocenters. The molecule has 1 aromatic carbocycles. The zero-order valence-electron chi connectivity index (χ0n) is 6.81. The molecule has 0 radical (unpaired) electrons. The lowest BCUT2D eigenvalue weighted by atomic mass is 10.4. The standard InChI is InChI=1S/C9H8N2S2/c1-2-4-8(5-3-1)12-13-9-6-7-10-11-9/h1-7H,(H,10,11). The molecule has 13 heavy (non-hydrogen) atoms. The van der Waals surface area contributed by atoms with Gasteiger partial charge in [-0.3, -0.25) is 5.10 Å². The van der Waals surface area contributed by atoms with Gasteiger partial charge in [0.2, 0.25) is 0 Å². The molecule has 0 amide bonds. The van der Waals surface area contributed by atoms with Crippen LogP contribution in [-0.2, 0) is 0 Å². The smallest absolute Gasteiger partial charge is 0.102 e. The molecule has 2 aromatic rings. The second-order valence-corrected chi connectivity index (χ2v) is 4.65. The highest BCUT2D eigenvalue weighted by Crippen LogP contribution is 2.35. The van der Waals surface area contributed by atoms with Crippen LogP contribution in [-0.4, -0.2) is 10.2 Å². The normalized spacial score (nSPS) is 10.2. The summed E-state index contributed by atoms with van der Waals surface area (Å²) in [6, 6.07) is 12.2. The van der Waals surface area contributed by atoms with Crippen molar-refractivity contribution in [2.24, 2.45) is 0 Å². The molecule has 0 atom stereocenters. The highest BCUT2D eigenvalue weighted by atomic mass is 33.1. The second kappa shape index (κ2) is 4.39. The minimum absolute atomic E-state index is 1.08. The molecular weight excluding hydrogens is 200 g/mol. The van der Waals surface area contributed by atoms with Gasteiger partial charge in [0.15, 0.2) is 0 Å². The Morgan fingerprint density at radius 1 is 1.00 bits per heavy atom. The molecule has 1 aromatic heterocycles. The molecule has 0 saturated carbocycles. The largest absolute Gasteiger partial charge is 0.271 e. The van der Waals surface area contributed by atoms with Crippen LogP contribution in [0.1, 0.15) is 0 Å². The fourth-order valence-corrected chi connectivity index (χ4v) is 2.69. The quantitative estimate of drug-likeness (QED) is 0.785. The highest BCUT2D eigenvalue weighted by Gasteiger charge is 1.96. The lowest BCUT2D eigenvalue weighted by molar-refractivity contribution is 1.01. The van der Waals surface area contributed by atoms with Crippen molar-refractivity contribution in [2.75, 3.05) is 0 Å². The van der Waals surface area contributed by atoms with E-state index >= 15 is 0 Å². The van der Waals surface area contributed by atoms with E-state index in [-0.39, 0.29) is 0 Å². The van der Waals surface area contributed by atoms with E-state index in [1.54, 1.807) is 27.8 Å². The third kappa shape index (κ3) is 2.54. The summed E-state index contributed by atoms with van der Waals surface area (Å²) in [4.78, 5) is 1.25. The van der Waals surface area contributed by atoms with E-state index in [0.717, 1.165) is 5.03 Å². The third-order valence-corrected chi connectivity index (χ3v) is 3.77. The molecule has 1 heterocycles. The maximum Gasteiger partial charge on any atom is 0.102 e. The number of rotatable bonds is 3. The van der Waals surface area contributed by atoms with E-state index in [1.165, 1.54) is 4.90 Å². The van der Waals surface area contributed by atoms with E-state index in [2.05, 4.69) is 22.3 Å². The topological polar surface area (TPSA) is 28.7 Å². The van der Waals surface area contributed by atoms with Gasteiger partial charge in [0.1, 0.15) is 5.03 Å². The first kappa shape index (κ1) is 8.72. The van der Waals surface area contributed by atoms with Gasteiger partial charge < -0.3 is 0 Å². The summed E-state index contributed by atoms with van der Waals surface area (Å²) in [6.07, 6.45) is 1.76. The molecule has 4 heteroatoms. The molecule has 2 rings (SSSR count). The van der Waals surface area contributed by atoms with Gasteiger partial charge in [0.25, 0.3) is 0 Å². The van der Waals surface area contributed by atoms with Gasteiger partial charge in [0.05, 0.1) is 0 Å².